The summed E-state index contributed by atoms with van der Waals surface area (Å²) in [6, 6.07) is 16.5. The first-order chi connectivity index (χ1) is 11.8. The highest BCUT2D eigenvalue weighted by atomic mass is 32.1. The van der Waals surface area contributed by atoms with E-state index in [-0.39, 0.29) is 6.04 Å². The Bertz CT molecular complexity index is 941. The van der Waals surface area contributed by atoms with Crippen molar-refractivity contribution in [3.63, 3.8) is 0 Å². The predicted octanol–water partition coefficient (Wildman–Crippen LogP) is 4.80. The molecule has 0 radical (unpaired) electrons. The van der Waals surface area contributed by atoms with Gasteiger partial charge in [-0.1, -0.05) is 35.5 Å². The average Bonchev–Trinajstić information content (AvgIpc) is 3.30. The Morgan fingerprint density at radius 3 is 2.96 bits per heavy atom. The maximum atomic E-state index is 5.43. The molecule has 0 saturated heterocycles. The Morgan fingerprint density at radius 2 is 2.08 bits per heavy atom. The van der Waals surface area contributed by atoms with Gasteiger partial charge in [-0.2, -0.15) is 0 Å². The molecule has 24 heavy (non-hydrogen) atoms. The third kappa shape index (κ3) is 2.96. The number of para-hydroxylation sites is 1. The molecule has 0 amide bonds. The van der Waals surface area contributed by atoms with Gasteiger partial charge in [0, 0.05) is 30.2 Å². The highest BCUT2D eigenvalue weighted by Gasteiger charge is 2.12. The Kier molecular flexibility index (Phi) is 4.11. The van der Waals surface area contributed by atoms with E-state index in [4.69, 9.17) is 4.52 Å². The van der Waals surface area contributed by atoms with Crippen molar-refractivity contribution in [2.45, 2.75) is 19.5 Å². The summed E-state index contributed by atoms with van der Waals surface area (Å²) in [7, 11) is 0. The Hall–Kier alpha value is -2.50. The molecule has 0 bridgehead atoms. The highest BCUT2D eigenvalue weighted by Crippen LogP contribution is 2.26. The smallest absolute Gasteiger partial charge is 0.177 e. The van der Waals surface area contributed by atoms with Crippen molar-refractivity contribution in [2.24, 2.45) is 0 Å². The van der Waals surface area contributed by atoms with E-state index in [0.29, 0.717) is 6.54 Å². The van der Waals surface area contributed by atoms with Crippen LogP contribution in [0.3, 0.4) is 0 Å². The molecule has 3 heterocycles. The number of fused-ring (bicyclic) bond motifs is 1. The molecule has 1 unspecified atom stereocenters. The van der Waals surface area contributed by atoms with E-state index in [1.807, 2.05) is 35.8 Å². The molecule has 4 nitrogen and oxygen atoms in total. The predicted molar refractivity (Wildman–Crippen MR) is 96.8 cm³/mol. The van der Waals surface area contributed by atoms with Crippen molar-refractivity contribution in [2.75, 3.05) is 0 Å². The molecule has 0 fully saturated rings. The van der Waals surface area contributed by atoms with Gasteiger partial charge in [0.25, 0.3) is 0 Å². The van der Waals surface area contributed by atoms with E-state index in [1.54, 1.807) is 11.3 Å². The maximum absolute atomic E-state index is 5.43. The number of rotatable bonds is 5. The van der Waals surface area contributed by atoms with Gasteiger partial charge in [0.2, 0.25) is 0 Å². The molecular weight excluding hydrogens is 318 g/mol. The van der Waals surface area contributed by atoms with Crippen molar-refractivity contribution >= 4 is 22.2 Å². The Morgan fingerprint density at radius 1 is 1.17 bits per heavy atom. The molecule has 4 rings (SSSR count). The fourth-order valence-electron chi connectivity index (χ4n) is 2.77. The number of aromatic nitrogens is 2. The summed E-state index contributed by atoms with van der Waals surface area (Å²) in [4.78, 5) is 5.62. The van der Waals surface area contributed by atoms with Gasteiger partial charge in [-0.3, -0.25) is 4.98 Å². The van der Waals surface area contributed by atoms with Crippen LogP contribution in [-0.4, -0.2) is 10.1 Å². The molecule has 120 valence electrons. The van der Waals surface area contributed by atoms with Crippen molar-refractivity contribution in [1.29, 1.82) is 0 Å². The molecule has 0 aliphatic heterocycles. The summed E-state index contributed by atoms with van der Waals surface area (Å²) in [5.74, 6) is 0.821. The van der Waals surface area contributed by atoms with Gasteiger partial charge in [-0.15, -0.1) is 11.3 Å². The third-order valence-corrected chi connectivity index (χ3v) is 4.93. The minimum Gasteiger partial charge on any atom is -0.355 e. The zero-order valence-electron chi connectivity index (χ0n) is 13.3. The molecule has 5 heteroatoms. The summed E-state index contributed by atoms with van der Waals surface area (Å²) in [5, 5.41) is 10.9. The number of benzene rings is 1. The van der Waals surface area contributed by atoms with Crippen LogP contribution in [0.1, 0.15) is 24.2 Å². The van der Waals surface area contributed by atoms with Crippen molar-refractivity contribution in [3.8, 4) is 10.6 Å². The van der Waals surface area contributed by atoms with Gasteiger partial charge in [0.05, 0.1) is 16.1 Å². The van der Waals surface area contributed by atoms with E-state index < -0.39 is 0 Å². The fraction of sp³-hybridized carbons (Fsp3) is 0.158. The van der Waals surface area contributed by atoms with Gasteiger partial charge in [-0.05, 0) is 30.0 Å². The van der Waals surface area contributed by atoms with Gasteiger partial charge in [0.1, 0.15) is 0 Å². The van der Waals surface area contributed by atoms with E-state index in [9.17, 15) is 0 Å². The van der Waals surface area contributed by atoms with Crippen LogP contribution in [0.4, 0.5) is 0 Å². The van der Waals surface area contributed by atoms with Crippen LogP contribution in [0, 0.1) is 0 Å². The fourth-order valence-corrected chi connectivity index (χ4v) is 3.45. The lowest BCUT2D eigenvalue weighted by molar-refractivity contribution is 0.417. The molecular formula is C19H17N3OS. The van der Waals surface area contributed by atoms with Gasteiger partial charge < -0.3 is 9.84 Å². The largest absolute Gasteiger partial charge is 0.355 e. The van der Waals surface area contributed by atoms with E-state index in [0.717, 1.165) is 27.2 Å². The van der Waals surface area contributed by atoms with E-state index in [1.165, 1.54) is 5.56 Å². The molecule has 0 aliphatic carbocycles. The first-order valence-electron chi connectivity index (χ1n) is 7.88. The van der Waals surface area contributed by atoms with E-state index in [2.05, 4.69) is 46.6 Å². The van der Waals surface area contributed by atoms with Crippen LogP contribution >= 0.6 is 11.3 Å². The van der Waals surface area contributed by atoms with Gasteiger partial charge >= 0.3 is 0 Å². The lowest BCUT2D eigenvalue weighted by atomic mass is 10.0. The molecule has 3 aromatic heterocycles. The number of nitrogens with zero attached hydrogens (tertiary/aromatic N) is 2. The molecule has 0 spiro atoms. The number of pyridine rings is 1. The summed E-state index contributed by atoms with van der Waals surface area (Å²) < 4.78 is 5.43. The van der Waals surface area contributed by atoms with E-state index >= 15 is 0 Å². The summed E-state index contributed by atoms with van der Waals surface area (Å²) in [6.45, 7) is 2.79. The topological polar surface area (TPSA) is 51.0 Å². The lowest BCUT2D eigenvalue weighted by Crippen LogP contribution is -2.18. The summed E-state index contributed by atoms with van der Waals surface area (Å²) >= 11 is 1.65. The minimum absolute atomic E-state index is 0.172. The van der Waals surface area contributed by atoms with Crippen LogP contribution in [0.5, 0.6) is 0 Å². The summed E-state index contributed by atoms with van der Waals surface area (Å²) in [5.41, 5.74) is 3.13. The monoisotopic (exact) mass is 335 g/mol. The maximum Gasteiger partial charge on any atom is 0.177 e. The average molecular weight is 335 g/mol. The normalized spacial score (nSPS) is 12.5. The quantitative estimate of drug-likeness (QED) is 0.569. The zero-order valence-corrected chi connectivity index (χ0v) is 14.1. The summed E-state index contributed by atoms with van der Waals surface area (Å²) in [6.07, 6.45) is 1.84. The van der Waals surface area contributed by atoms with Crippen LogP contribution in [0.2, 0.25) is 0 Å². The molecule has 1 atom stereocenters. The van der Waals surface area contributed by atoms with Crippen LogP contribution < -0.4 is 5.32 Å². The number of thiophene rings is 1. The van der Waals surface area contributed by atoms with Gasteiger partial charge in [-0.25, -0.2) is 0 Å². The molecule has 1 N–H and O–H groups in total. The molecule has 0 saturated carbocycles. The highest BCUT2D eigenvalue weighted by molar-refractivity contribution is 7.13. The second-order valence-corrected chi connectivity index (χ2v) is 6.63. The number of hydrogen-bond acceptors (Lipinski definition) is 5. The molecule has 0 aliphatic rings. The van der Waals surface area contributed by atoms with Crippen molar-refractivity contribution in [1.82, 2.24) is 15.5 Å². The Labute approximate surface area is 144 Å². The first-order valence-corrected chi connectivity index (χ1v) is 8.76. The standard InChI is InChI=1S/C19H17N3OS/c1-13(16-7-2-5-14-6-3-9-20-19(14)16)21-12-15-11-17(23-22-15)18-8-4-10-24-18/h2-11,13,21H,12H2,1H3. The lowest BCUT2D eigenvalue weighted by Gasteiger charge is -2.15. The van der Waals surface area contributed by atoms with Crippen LogP contribution in [0.25, 0.3) is 21.5 Å². The van der Waals surface area contributed by atoms with Crippen LogP contribution in [0.15, 0.2) is 64.6 Å². The second kappa shape index (κ2) is 6.55. The third-order valence-electron chi connectivity index (χ3n) is 4.04. The molecule has 4 aromatic rings. The molecule has 1 aromatic carbocycles. The number of hydrogen-bond donors (Lipinski definition) is 1. The van der Waals surface area contributed by atoms with Crippen molar-refractivity contribution in [3.05, 3.63) is 71.4 Å². The number of nitrogens with one attached hydrogen (secondary N) is 1. The SMILES string of the molecule is CC(NCc1cc(-c2cccs2)on1)c1cccc2cccnc12. The minimum atomic E-state index is 0.172. The van der Waals surface area contributed by atoms with Gasteiger partial charge in [0.15, 0.2) is 5.76 Å². The Balaban J connectivity index is 1.49. The van der Waals surface area contributed by atoms with Crippen molar-refractivity contribution < 1.29 is 4.52 Å². The second-order valence-electron chi connectivity index (χ2n) is 5.68. The van der Waals surface area contributed by atoms with Crippen LogP contribution in [-0.2, 0) is 6.54 Å². The zero-order chi connectivity index (χ0) is 16.4. The first kappa shape index (κ1) is 15.1.